The van der Waals surface area contributed by atoms with Crippen LogP contribution < -0.4 is 15.9 Å². The number of benzene rings is 2. The first-order chi connectivity index (χ1) is 13.2. The van der Waals surface area contributed by atoms with Gasteiger partial charge in [0.1, 0.15) is 28.5 Å². The third kappa shape index (κ3) is 3.42. The average Bonchev–Trinajstić information content (AvgIpc) is 2.64. The van der Waals surface area contributed by atoms with Gasteiger partial charge in [-0.15, -0.1) is 0 Å². The molecule has 0 unspecified atom stereocenters. The largest absolute Gasteiger partial charge is 0.508 e. The van der Waals surface area contributed by atoms with Crippen molar-refractivity contribution in [3.05, 3.63) is 40.6 Å². The Hall–Kier alpha value is -3.37. The maximum atomic E-state index is 12.9. The number of rotatable bonds is 4. The van der Waals surface area contributed by atoms with Crippen molar-refractivity contribution in [2.75, 3.05) is 5.75 Å². The molecule has 0 spiro atoms. The van der Waals surface area contributed by atoms with E-state index in [-0.39, 0.29) is 33.8 Å². The van der Waals surface area contributed by atoms with Crippen molar-refractivity contribution in [2.24, 2.45) is 5.73 Å². The molecule has 3 aromatic rings. The summed E-state index contributed by atoms with van der Waals surface area (Å²) in [5.74, 6) is -3.76. The van der Waals surface area contributed by atoms with Gasteiger partial charge in [0.05, 0.1) is 0 Å². The Morgan fingerprint density at radius 1 is 1.11 bits per heavy atom. The zero-order valence-electron chi connectivity index (χ0n) is 14.1. The van der Waals surface area contributed by atoms with E-state index in [1.54, 1.807) is 0 Å². The number of aromatic hydroxyl groups is 4. The molecule has 28 heavy (non-hydrogen) atoms. The highest BCUT2D eigenvalue weighted by Gasteiger charge is 2.25. The van der Waals surface area contributed by atoms with Gasteiger partial charge in [-0.25, -0.2) is 4.79 Å². The third-order valence-corrected chi connectivity index (χ3v) is 4.25. The Kier molecular flexibility index (Phi) is 5.08. The molecule has 6 N–H and O–H groups in total. The molecule has 9 nitrogen and oxygen atoms in total. The van der Waals surface area contributed by atoms with Gasteiger partial charge in [-0.3, -0.25) is 4.79 Å². The van der Waals surface area contributed by atoms with Gasteiger partial charge in [0.2, 0.25) is 11.2 Å². The number of phenolic OH excluding ortho intramolecular Hbond substituents is 4. The maximum Gasteiger partial charge on any atom is 0.329 e. The first-order valence-corrected chi connectivity index (χ1v) is 8.49. The quantitative estimate of drug-likeness (QED) is 0.214. The molecule has 0 aliphatic heterocycles. The van der Waals surface area contributed by atoms with Crippen molar-refractivity contribution in [1.29, 1.82) is 0 Å². The van der Waals surface area contributed by atoms with E-state index >= 15 is 0 Å². The number of hydrogen-bond donors (Lipinski definition) is 6. The Morgan fingerprint density at radius 2 is 1.82 bits per heavy atom. The van der Waals surface area contributed by atoms with Crippen LogP contribution in [0.4, 0.5) is 0 Å². The summed E-state index contributed by atoms with van der Waals surface area (Å²) in [7, 11) is 0. The van der Waals surface area contributed by atoms with Gasteiger partial charge in [0, 0.05) is 23.4 Å². The second-order valence-corrected chi connectivity index (χ2v) is 6.21. The van der Waals surface area contributed by atoms with Crippen molar-refractivity contribution >= 4 is 29.6 Å². The third-order valence-electron chi connectivity index (χ3n) is 3.86. The van der Waals surface area contributed by atoms with Crippen LogP contribution >= 0.6 is 12.6 Å². The molecule has 0 saturated heterocycles. The Labute approximate surface area is 162 Å². The predicted molar refractivity (Wildman–Crippen MR) is 102 cm³/mol. The zero-order chi connectivity index (χ0) is 20.6. The average molecular weight is 405 g/mol. The number of carbonyl (C=O) groups is 1. The number of hydrogen-bond acceptors (Lipinski definition) is 10. The summed E-state index contributed by atoms with van der Waals surface area (Å²) in [6, 6.07) is 4.41. The van der Waals surface area contributed by atoms with E-state index in [2.05, 4.69) is 12.6 Å². The summed E-state index contributed by atoms with van der Waals surface area (Å²) in [6.45, 7) is 0. The minimum atomic E-state index is -1.13. The van der Waals surface area contributed by atoms with Gasteiger partial charge in [-0.1, -0.05) is 0 Å². The Bertz CT molecular complexity index is 1140. The molecule has 10 heteroatoms. The van der Waals surface area contributed by atoms with Gasteiger partial charge in [-0.05, 0) is 18.2 Å². The predicted octanol–water partition coefficient (Wildman–Crippen LogP) is 1.44. The fraction of sp³-hybridized carbons (Fsp3) is 0.111. The van der Waals surface area contributed by atoms with Crippen molar-refractivity contribution in [2.45, 2.75) is 6.04 Å². The van der Waals surface area contributed by atoms with E-state index < -0.39 is 40.4 Å². The topological polar surface area (TPSA) is 163 Å². The van der Waals surface area contributed by atoms with Crippen LogP contribution in [0.1, 0.15) is 0 Å². The number of carbonyl (C=O) groups excluding carboxylic acids is 1. The van der Waals surface area contributed by atoms with E-state index in [0.29, 0.717) is 0 Å². The first kappa shape index (κ1) is 19.4. The molecule has 3 rings (SSSR count). The number of ether oxygens (including phenoxy) is 1. The highest BCUT2D eigenvalue weighted by Crippen LogP contribution is 2.38. The summed E-state index contributed by atoms with van der Waals surface area (Å²) in [4.78, 5) is 25.0. The molecular weight excluding hydrogens is 390 g/mol. The Morgan fingerprint density at radius 3 is 2.46 bits per heavy atom. The molecule has 2 aromatic carbocycles. The molecule has 1 atom stereocenters. The van der Waals surface area contributed by atoms with Crippen molar-refractivity contribution in [3.63, 3.8) is 0 Å². The van der Waals surface area contributed by atoms with Gasteiger partial charge < -0.3 is 35.3 Å². The fourth-order valence-electron chi connectivity index (χ4n) is 2.47. The van der Waals surface area contributed by atoms with Crippen molar-refractivity contribution in [1.82, 2.24) is 0 Å². The fourth-order valence-corrected chi connectivity index (χ4v) is 2.62. The van der Waals surface area contributed by atoms with E-state index in [1.165, 1.54) is 6.07 Å². The monoisotopic (exact) mass is 405 g/mol. The van der Waals surface area contributed by atoms with Gasteiger partial charge in [0.25, 0.3) is 0 Å². The molecule has 0 amide bonds. The maximum absolute atomic E-state index is 12.9. The summed E-state index contributed by atoms with van der Waals surface area (Å²) in [5.41, 5.74) is 4.56. The smallest absolute Gasteiger partial charge is 0.329 e. The Balaban J connectivity index is 2.33. The number of thiol groups is 1. The SMILES string of the molecule is N[C@@H](CS)C(=O)Oc1c(-c2ccc(O)c(O)c2)oc2cc(O)cc(O)c2c1=O. The first-order valence-electron chi connectivity index (χ1n) is 7.86. The lowest BCUT2D eigenvalue weighted by molar-refractivity contribution is -0.135. The van der Waals surface area contributed by atoms with Crippen LogP contribution in [0.15, 0.2) is 39.5 Å². The van der Waals surface area contributed by atoms with Crippen LogP contribution in [0, 0.1) is 0 Å². The number of esters is 1. The molecule has 0 aliphatic rings. The van der Waals surface area contributed by atoms with Crippen molar-refractivity contribution in [3.8, 4) is 40.1 Å². The molecular formula is C18H15NO8S. The zero-order valence-corrected chi connectivity index (χ0v) is 15.0. The van der Waals surface area contributed by atoms with Crippen LogP contribution in [-0.2, 0) is 4.79 Å². The van der Waals surface area contributed by atoms with Crippen LogP contribution in [-0.4, -0.2) is 38.2 Å². The van der Waals surface area contributed by atoms with Gasteiger partial charge in [-0.2, -0.15) is 12.6 Å². The molecule has 0 fully saturated rings. The summed E-state index contributed by atoms with van der Waals surface area (Å²) >= 11 is 3.90. The molecule has 146 valence electrons. The minimum Gasteiger partial charge on any atom is -0.508 e. The molecule has 0 bridgehead atoms. The minimum absolute atomic E-state index is 0.0494. The molecule has 1 aromatic heterocycles. The highest BCUT2D eigenvalue weighted by atomic mass is 32.1. The lowest BCUT2D eigenvalue weighted by Gasteiger charge is -2.13. The number of phenols is 4. The number of fused-ring (bicyclic) bond motifs is 1. The summed E-state index contributed by atoms with van der Waals surface area (Å²) < 4.78 is 10.7. The van der Waals surface area contributed by atoms with Crippen molar-refractivity contribution < 1.29 is 34.4 Å². The summed E-state index contributed by atoms with van der Waals surface area (Å²) in [5, 5.41) is 38.6. The van der Waals surface area contributed by atoms with E-state index in [0.717, 1.165) is 24.3 Å². The van der Waals surface area contributed by atoms with E-state index in [1.807, 2.05) is 0 Å². The molecule has 0 aliphatic carbocycles. The second-order valence-electron chi connectivity index (χ2n) is 5.84. The van der Waals surface area contributed by atoms with Gasteiger partial charge in [0.15, 0.2) is 17.3 Å². The normalized spacial score (nSPS) is 12.1. The van der Waals surface area contributed by atoms with Crippen LogP contribution in [0.5, 0.6) is 28.7 Å². The molecule has 0 saturated carbocycles. The van der Waals surface area contributed by atoms with E-state index in [4.69, 9.17) is 14.9 Å². The van der Waals surface area contributed by atoms with Crippen LogP contribution in [0.3, 0.4) is 0 Å². The lowest BCUT2D eigenvalue weighted by Crippen LogP contribution is -2.36. The highest BCUT2D eigenvalue weighted by molar-refractivity contribution is 7.80. The van der Waals surface area contributed by atoms with E-state index in [9.17, 15) is 30.0 Å². The van der Waals surface area contributed by atoms with Crippen LogP contribution in [0.25, 0.3) is 22.3 Å². The number of nitrogens with two attached hydrogens (primary N) is 1. The van der Waals surface area contributed by atoms with Crippen LogP contribution in [0.2, 0.25) is 0 Å². The van der Waals surface area contributed by atoms with Gasteiger partial charge >= 0.3 is 5.97 Å². The molecule has 0 radical (unpaired) electrons. The standard InChI is InChI=1S/C18H15NO8S/c19-9(6-28)18(25)27-17-15(24)14-12(23)4-8(20)5-13(14)26-16(17)7-1-2-10(21)11(22)3-7/h1-5,9,20-23,28H,6,19H2/t9-/m0/s1. The second kappa shape index (κ2) is 7.33. The lowest BCUT2D eigenvalue weighted by atomic mass is 10.1. The summed E-state index contributed by atoms with van der Waals surface area (Å²) in [6.07, 6.45) is 0. The molecule has 1 heterocycles.